The molecule has 19 heavy (non-hydrogen) atoms. The fraction of sp³-hybridized carbons (Fsp3) is 0.385. The number of halogens is 2. The molecule has 104 valence electrons. The van der Waals surface area contributed by atoms with E-state index in [1.807, 2.05) is 0 Å². The Labute approximate surface area is 119 Å². The lowest BCUT2D eigenvalue weighted by molar-refractivity contribution is -0.143. The van der Waals surface area contributed by atoms with Gasteiger partial charge in [-0.3, -0.25) is 4.79 Å². The molecule has 0 heterocycles. The summed E-state index contributed by atoms with van der Waals surface area (Å²) < 4.78 is 13.6. The molecule has 1 amide bonds. The van der Waals surface area contributed by atoms with Gasteiger partial charge in [-0.05, 0) is 39.5 Å². The molecule has 0 aliphatic rings. The first-order valence-corrected chi connectivity index (χ1v) is 6.56. The van der Waals surface area contributed by atoms with E-state index in [0.29, 0.717) is 10.0 Å². The summed E-state index contributed by atoms with van der Waals surface area (Å²) in [5, 5.41) is 11.4. The molecule has 0 saturated carbocycles. The summed E-state index contributed by atoms with van der Waals surface area (Å²) in [4.78, 5) is 22.7. The third-order valence-electron chi connectivity index (χ3n) is 2.60. The van der Waals surface area contributed by atoms with Gasteiger partial charge in [0.2, 0.25) is 5.91 Å². The van der Waals surface area contributed by atoms with Crippen molar-refractivity contribution in [2.24, 2.45) is 5.92 Å². The third kappa shape index (κ3) is 4.63. The van der Waals surface area contributed by atoms with E-state index in [1.165, 1.54) is 12.1 Å². The lowest BCUT2D eigenvalue weighted by atomic mass is 10.0. The highest BCUT2D eigenvalue weighted by Gasteiger charge is 2.23. The number of carboxylic acid groups (broad SMARTS) is 1. The van der Waals surface area contributed by atoms with Crippen LogP contribution in [0.5, 0.6) is 0 Å². The average molecular weight is 332 g/mol. The number of carboxylic acids is 1. The Bertz CT molecular complexity index is 491. The molecule has 1 rings (SSSR count). The summed E-state index contributed by atoms with van der Waals surface area (Å²) in [6.07, 6.45) is -0.0549. The van der Waals surface area contributed by atoms with Crippen molar-refractivity contribution < 1.29 is 19.1 Å². The van der Waals surface area contributed by atoms with Crippen LogP contribution < -0.4 is 5.32 Å². The summed E-state index contributed by atoms with van der Waals surface area (Å²) in [7, 11) is 0. The smallest absolute Gasteiger partial charge is 0.326 e. The van der Waals surface area contributed by atoms with Gasteiger partial charge in [0.15, 0.2) is 0 Å². The molecule has 2 N–H and O–H groups in total. The molecule has 1 aromatic rings. The summed E-state index contributed by atoms with van der Waals surface area (Å²) in [5.41, 5.74) is 0.492. The molecule has 0 radical (unpaired) electrons. The van der Waals surface area contributed by atoms with Crippen LogP contribution in [0.2, 0.25) is 0 Å². The number of amides is 1. The molecule has 4 nitrogen and oxygen atoms in total. The topological polar surface area (TPSA) is 66.4 Å². The minimum atomic E-state index is -1.08. The van der Waals surface area contributed by atoms with Crippen molar-refractivity contribution in [2.45, 2.75) is 26.3 Å². The van der Waals surface area contributed by atoms with Crippen LogP contribution in [-0.2, 0) is 16.0 Å². The fourth-order valence-electron chi connectivity index (χ4n) is 1.57. The van der Waals surface area contributed by atoms with Crippen LogP contribution in [0, 0.1) is 11.7 Å². The van der Waals surface area contributed by atoms with E-state index < -0.39 is 23.7 Å². The zero-order valence-corrected chi connectivity index (χ0v) is 12.2. The van der Waals surface area contributed by atoms with Crippen molar-refractivity contribution in [2.75, 3.05) is 0 Å². The van der Waals surface area contributed by atoms with E-state index in [9.17, 15) is 14.0 Å². The van der Waals surface area contributed by atoms with E-state index in [2.05, 4.69) is 21.2 Å². The average Bonchev–Trinajstić information content (AvgIpc) is 2.30. The second-order valence-corrected chi connectivity index (χ2v) is 5.41. The molecule has 0 aliphatic heterocycles. The van der Waals surface area contributed by atoms with Gasteiger partial charge in [0.25, 0.3) is 0 Å². The highest BCUT2D eigenvalue weighted by Crippen LogP contribution is 2.16. The Kier molecular flexibility index (Phi) is 5.47. The molecule has 0 aromatic heterocycles. The predicted octanol–water partition coefficient (Wildman–Crippen LogP) is 2.36. The number of carbonyl (C=O) groups excluding carboxylic acids is 1. The standard InChI is InChI=1S/C13H15BrFNO3/c1-7(2)12(13(18)19)16-11(17)6-8-3-4-9(14)10(15)5-8/h3-5,7,12H,6H2,1-2H3,(H,16,17)(H,18,19)/t12-/m0/s1. The third-order valence-corrected chi connectivity index (χ3v) is 3.24. The second-order valence-electron chi connectivity index (χ2n) is 4.55. The fourth-order valence-corrected chi connectivity index (χ4v) is 1.82. The summed E-state index contributed by atoms with van der Waals surface area (Å²) in [6, 6.07) is 3.43. The molecule has 0 saturated heterocycles. The maximum atomic E-state index is 13.3. The number of rotatable bonds is 5. The van der Waals surface area contributed by atoms with Crippen LogP contribution in [0.1, 0.15) is 19.4 Å². The molecule has 1 atom stereocenters. The summed E-state index contributed by atoms with van der Waals surface area (Å²) in [6.45, 7) is 3.41. The highest BCUT2D eigenvalue weighted by molar-refractivity contribution is 9.10. The number of aliphatic carboxylic acids is 1. The normalized spacial score (nSPS) is 12.3. The van der Waals surface area contributed by atoms with Crippen molar-refractivity contribution >= 4 is 27.8 Å². The number of carbonyl (C=O) groups is 2. The van der Waals surface area contributed by atoms with Crippen LogP contribution in [0.25, 0.3) is 0 Å². The summed E-state index contributed by atoms with van der Waals surface area (Å²) >= 11 is 3.02. The first-order chi connectivity index (χ1) is 8.81. The van der Waals surface area contributed by atoms with Crippen LogP contribution in [0.15, 0.2) is 22.7 Å². The zero-order valence-electron chi connectivity index (χ0n) is 10.6. The van der Waals surface area contributed by atoms with E-state index in [4.69, 9.17) is 5.11 Å². The van der Waals surface area contributed by atoms with Gasteiger partial charge in [0, 0.05) is 0 Å². The Balaban J connectivity index is 2.69. The second kappa shape index (κ2) is 6.65. The molecule has 0 aliphatic carbocycles. The number of hydrogen-bond donors (Lipinski definition) is 2. The lowest BCUT2D eigenvalue weighted by Crippen LogP contribution is -2.44. The van der Waals surface area contributed by atoms with Crippen molar-refractivity contribution in [1.29, 1.82) is 0 Å². The molecule has 0 spiro atoms. The highest BCUT2D eigenvalue weighted by atomic mass is 79.9. The quantitative estimate of drug-likeness (QED) is 0.870. The molecular weight excluding hydrogens is 317 g/mol. The minimum absolute atomic E-state index is 0.0549. The molecule has 0 fully saturated rings. The monoisotopic (exact) mass is 331 g/mol. The van der Waals surface area contributed by atoms with Gasteiger partial charge in [0.05, 0.1) is 10.9 Å². The van der Waals surface area contributed by atoms with Gasteiger partial charge in [0.1, 0.15) is 11.9 Å². The van der Waals surface area contributed by atoms with E-state index in [1.54, 1.807) is 19.9 Å². The maximum Gasteiger partial charge on any atom is 0.326 e. The van der Waals surface area contributed by atoms with E-state index in [-0.39, 0.29) is 12.3 Å². The molecule has 0 unspecified atom stereocenters. The Morgan fingerprint density at radius 1 is 1.42 bits per heavy atom. The zero-order chi connectivity index (χ0) is 14.6. The van der Waals surface area contributed by atoms with Crippen molar-refractivity contribution in [1.82, 2.24) is 5.32 Å². The predicted molar refractivity (Wildman–Crippen MR) is 72.2 cm³/mol. The van der Waals surface area contributed by atoms with Crippen molar-refractivity contribution in [3.63, 3.8) is 0 Å². The van der Waals surface area contributed by atoms with Gasteiger partial charge in [-0.2, -0.15) is 0 Å². The van der Waals surface area contributed by atoms with Gasteiger partial charge < -0.3 is 10.4 Å². The van der Waals surface area contributed by atoms with Crippen LogP contribution in [0.4, 0.5) is 4.39 Å². The van der Waals surface area contributed by atoms with E-state index in [0.717, 1.165) is 0 Å². The van der Waals surface area contributed by atoms with E-state index >= 15 is 0 Å². The van der Waals surface area contributed by atoms with Crippen molar-refractivity contribution in [3.05, 3.63) is 34.1 Å². The largest absolute Gasteiger partial charge is 0.480 e. The molecule has 0 bridgehead atoms. The molecular formula is C13H15BrFNO3. The Morgan fingerprint density at radius 2 is 2.05 bits per heavy atom. The maximum absolute atomic E-state index is 13.3. The van der Waals surface area contributed by atoms with Gasteiger partial charge in [-0.15, -0.1) is 0 Å². The lowest BCUT2D eigenvalue weighted by Gasteiger charge is -2.17. The van der Waals surface area contributed by atoms with Gasteiger partial charge >= 0.3 is 5.97 Å². The minimum Gasteiger partial charge on any atom is -0.480 e. The first-order valence-electron chi connectivity index (χ1n) is 5.77. The van der Waals surface area contributed by atoms with Crippen molar-refractivity contribution in [3.8, 4) is 0 Å². The SMILES string of the molecule is CC(C)[C@H](NC(=O)Cc1ccc(Br)c(F)c1)C(=O)O. The molecule has 6 heteroatoms. The van der Waals surface area contributed by atoms with Crippen LogP contribution >= 0.6 is 15.9 Å². The van der Waals surface area contributed by atoms with Gasteiger partial charge in [-0.25, -0.2) is 9.18 Å². The Hall–Kier alpha value is -1.43. The van der Waals surface area contributed by atoms with Gasteiger partial charge in [-0.1, -0.05) is 19.9 Å². The van der Waals surface area contributed by atoms with Crippen LogP contribution in [-0.4, -0.2) is 23.0 Å². The number of benzene rings is 1. The van der Waals surface area contributed by atoms with Crippen LogP contribution in [0.3, 0.4) is 0 Å². The first kappa shape index (κ1) is 15.6. The number of hydrogen-bond acceptors (Lipinski definition) is 2. The summed E-state index contributed by atoms with van der Waals surface area (Å²) in [5.74, 6) is -2.19. The Morgan fingerprint density at radius 3 is 2.53 bits per heavy atom. The number of nitrogens with one attached hydrogen (secondary N) is 1. The molecule has 1 aromatic carbocycles.